The van der Waals surface area contributed by atoms with Crippen molar-refractivity contribution in [2.75, 3.05) is 18.6 Å². The summed E-state index contributed by atoms with van der Waals surface area (Å²) in [5.74, 6) is 3.87. The number of benzene rings is 1. The first kappa shape index (κ1) is 20.0. The zero-order valence-corrected chi connectivity index (χ0v) is 17.0. The van der Waals surface area contributed by atoms with E-state index in [0.717, 1.165) is 28.5 Å². The summed E-state index contributed by atoms with van der Waals surface area (Å²) in [6.45, 7) is 3.97. The lowest BCUT2D eigenvalue weighted by atomic mass is 10.1. The van der Waals surface area contributed by atoms with E-state index in [0.29, 0.717) is 23.8 Å². The Kier molecular flexibility index (Phi) is 6.76. The molecule has 0 unspecified atom stereocenters. The van der Waals surface area contributed by atoms with Gasteiger partial charge in [-0.1, -0.05) is 23.8 Å². The van der Waals surface area contributed by atoms with Crippen LogP contribution in [0.25, 0.3) is 17.5 Å². The smallest absolute Gasteiger partial charge is 0.315 e. The second-order valence-electron chi connectivity index (χ2n) is 6.36. The molecule has 0 spiro atoms. The molecule has 5 nitrogen and oxygen atoms in total. The molecule has 0 aliphatic rings. The standard InChI is InChI=1S/C22H23NO4S/c1-15-6-8-17(9-7-15)22-23-20(16(2)26-22)13-19-11-10-18(27-19)5-4-12-28-14-21(24)25-3/h4-11H,12-14H2,1-3H3/b5-4+. The maximum Gasteiger partial charge on any atom is 0.315 e. The maximum absolute atomic E-state index is 11.1. The van der Waals surface area contributed by atoms with Crippen molar-refractivity contribution in [1.29, 1.82) is 0 Å². The van der Waals surface area contributed by atoms with Crippen LogP contribution in [0.2, 0.25) is 0 Å². The molecular formula is C22H23NO4S. The fourth-order valence-electron chi connectivity index (χ4n) is 2.59. The summed E-state index contributed by atoms with van der Waals surface area (Å²) >= 11 is 1.49. The summed E-state index contributed by atoms with van der Waals surface area (Å²) in [6.07, 6.45) is 4.44. The summed E-state index contributed by atoms with van der Waals surface area (Å²) in [6, 6.07) is 12.0. The number of oxazole rings is 1. The van der Waals surface area contributed by atoms with Crippen molar-refractivity contribution in [1.82, 2.24) is 4.98 Å². The fraction of sp³-hybridized carbons (Fsp3) is 0.273. The number of carbonyl (C=O) groups is 1. The third kappa shape index (κ3) is 5.39. The molecule has 0 N–H and O–H groups in total. The number of ether oxygens (including phenoxy) is 1. The normalized spacial score (nSPS) is 11.2. The number of carbonyl (C=O) groups excluding carboxylic acids is 1. The van der Waals surface area contributed by atoms with Gasteiger partial charge in [-0.3, -0.25) is 4.79 Å². The molecule has 0 fully saturated rings. The Balaban J connectivity index is 1.59. The number of furan rings is 1. The van der Waals surface area contributed by atoms with Gasteiger partial charge in [0.25, 0.3) is 0 Å². The fourth-order valence-corrected chi connectivity index (χ4v) is 3.22. The average molecular weight is 397 g/mol. The molecule has 0 bridgehead atoms. The van der Waals surface area contributed by atoms with Gasteiger partial charge in [0.2, 0.25) is 5.89 Å². The Morgan fingerprint density at radius 3 is 2.68 bits per heavy atom. The topological polar surface area (TPSA) is 65.5 Å². The molecule has 3 rings (SSSR count). The van der Waals surface area contributed by atoms with Gasteiger partial charge in [0.15, 0.2) is 0 Å². The third-order valence-electron chi connectivity index (χ3n) is 4.16. The molecule has 0 amide bonds. The van der Waals surface area contributed by atoms with Crippen molar-refractivity contribution in [2.45, 2.75) is 20.3 Å². The highest BCUT2D eigenvalue weighted by Gasteiger charge is 2.13. The van der Waals surface area contributed by atoms with E-state index >= 15 is 0 Å². The lowest BCUT2D eigenvalue weighted by Gasteiger charge is -1.96. The van der Waals surface area contributed by atoms with Crippen molar-refractivity contribution in [3.8, 4) is 11.5 Å². The van der Waals surface area contributed by atoms with Crippen molar-refractivity contribution in [3.63, 3.8) is 0 Å². The van der Waals surface area contributed by atoms with Gasteiger partial charge >= 0.3 is 5.97 Å². The van der Waals surface area contributed by atoms with Crippen LogP contribution >= 0.6 is 11.8 Å². The van der Waals surface area contributed by atoms with Crippen molar-refractivity contribution in [2.24, 2.45) is 0 Å². The molecule has 28 heavy (non-hydrogen) atoms. The van der Waals surface area contributed by atoms with Crippen LogP contribution in [-0.2, 0) is 16.0 Å². The van der Waals surface area contributed by atoms with E-state index in [9.17, 15) is 4.79 Å². The first-order chi connectivity index (χ1) is 13.5. The molecule has 146 valence electrons. The molecule has 0 aliphatic heterocycles. The number of rotatable bonds is 8. The molecule has 2 aromatic heterocycles. The van der Waals surface area contributed by atoms with Crippen LogP contribution in [-0.4, -0.2) is 29.6 Å². The quantitative estimate of drug-likeness (QED) is 0.391. The predicted molar refractivity (Wildman–Crippen MR) is 111 cm³/mol. The summed E-state index contributed by atoms with van der Waals surface area (Å²) in [5, 5.41) is 0. The molecule has 0 aliphatic carbocycles. The van der Waals surface area contributed by atoms with E-state index in [2.05, 4.69) is 16.6 Å². The molecule has 0 saturated carbocycles. The van der Waals surface area contributed by atoms with E-state index in [-0.39, 0.29) is 5.97 Å². The predicted octanol–water partition coefficient (Wildman–Crippen LogP) is 5.06. The second kappa shape index (κ2) is 9.46. The van der Waals surface area contributed by atoms with E-state index in [1.165, 1.54) is 24.4 Å². The Morgan fingerprint density at radius 1 is 1.14 bits per heavy atom. The molecule has 6 heteroatoms. The Labute approximate surface area is 168 Å². The van der Waals surface area contributed by atoms with Crippen LogP contribution in [0.5, 0.6) is 0 Å². The molecular weight excluding hydrogens is 374 g/mol. The zero-order chi connectivity index (χ0) is 19.9. The SMILES string of the molecule is COC(=O)CSC/C=C/c1ccc(Cc2nc(-c3ccc(C)cc3)oc2C)o1. The first-order valence-corrected chi connectivity index (χ1v) is 10.1. The monoisotopic (exact) mass is 397 g/mol. The average Bonchev–Trinajstić information content (AvgIpc) is 3.29. The molecule has 0 saturated heterocycles. The number of hydrogen-bond donors (Lipinski definition) is 0. The summed E-state index contributed by atoms with van der Waals surface area (Å²) in [7, 11) is 1.39. The van der Waals surface area contributed by atoms with Crippen LogP contribution in [0.15, 0.2) is 51.3 Å². The first-order valence-electron chi connectivity index (χ1n) is 8.98. The third-order valence-corrected chi connectivity index (χ3v) is 5.03. The number of esters is 1. The Hall–Kier alpha value is -2.73. The highest BCUT2D eigenvalue weighted by molar-refractivity contribution is 8.00. The van der Waals surface area contributed by atoms with Gasteiger partial charge in [-0.15, -0.1) is 11.8 Å². The van der Waals surface area contributed by atoms with E-state index in [1.807, 2.05) is 55.5 Å². The van der Waals surface area contributed by atoms with Crippen LogP contribution in [0.4, 0.5) is 0 Å². The molecule has 0 atom stereocenters. The van der Waals surface area contributed by atoms with Gasteiger partial charge in [-0.2, -0.15) is 0 Å². The number of methoxy groups -OCH3 is 1. The Morgan fingerprint density at radius 2 is 1.93 bits per heavy atom. The number of hydrogen-bond acceptors (Lipinski definition) is 6. The van der Waals surface area contributed by atoms with Gasteiger partial charge in [-0.05, 0) is 44.2 Å². The maximum atomic E-state index is 11.1. The zero-order valence-electron chi connectivity index (χ0n) is 16.2. The van der Waals surface area contributed by atoms with E-state index in [4.69, 9.17) is 8.83 Å². The minimum absolute atomic E-state index is 0.216. The number of aromatic nitrogens is 1. The molecule has 1 aromatic carbocycles. The van der Waals surface area contributed by atoms with Crippen LogP contribution < -0.4 is 0 Å². The van der Waals surface area contributed by atoms with Crippen LogP contribution in [0, 0.1) is 13.8 Å². The second-order valence-corrected chi connectivity index (χ2v) is 7.39. The highest BCUT2D eigenvalue weighted by atomic mass is 32.2. The van der Waals surface area contributed by atoms with Gasteiger partial charge < -0.3 is 13.6 Å². The Bertz CT molecular complexity index is 953. The number of thioether (sulfide) groups is 1. The summed E-state index contributed by atoms with van der Waals surface area (Å²) < 4.78 is 16.3. The number of nitrogens with zero attached hydrogens (tertiary/aromatic N) is 1. The minimum atomic E-state index is -0.216. The lowest BCUT2D eigenvalue weighted by molar-refractivity contribution is -0.137. The summed E-state index contributed by atoms with van der Waals surface area (Å²) in [5.41, 5.74) is 3.04. The molecule has 0 radical (unpaired) electrons. The van der Waals surface area contributed by atoms with Gasteiger partial charge in [0, 0.05) is 11.3 Å². The van der Waals surface area contributed by atoms with Gasteiger partial charge in [-0.25, -0.2) is 4.98 Å². The highest BCUT2D eigenvalue weighted by Crippen LogP contribution is 2.24. The molecule has 2 heterocycles. The van der Waals surface area contributed by atoms with Gasteiger partial charge in [0.1, 0.15) is 17.3 Å². The molecule has 3 aromatic rings. The van der Waals surface area contributed by atoms with Crippen molar-refractivity contribution >= 4 is 23.8 Å². The van der Waals surface area contributed by atoms with E-state index in [1.54, 1.807) is 0 Å². The minimum Gasteiger partial charge on any atom is -0.468 e. The lowest BCUT2D eigenvalue weighted by Crippen LogP contribution is -2.03. The summed E-state index contributed by atoms with van der Waals surface area (Å²) in [4.78, 5) is 15.7. The van der Waals surface area contributed by atoms with Crippen molar-refractivity contribution in [3.05, 3.63) is 71.0 Å². The van der Waals surface area contributed by atoms with Gasteiger partial charge in [0.05, 0.1) is 25.0 Å². The van der Waals surface area contributed by atoms with Crippen molar-refractivity contribution < 1.29 is 18.4 Å². The number of aryl methyl sites for hydroxylation is 2. The van der Waals surface area contributed by atoms with E-state index < -0.39 is 0 Å². The van der Waals surface area contributed by atoms with Crippen LogP contribution in [0.3, 0.4) is 0 Å². The largest absolute Gasteiger partial charge is 0.468 e. The van der Waals surface area contributed by atoms with Crippen LogP contribution in [0.1, 0.15) is 28.5 Å².